The van der Waals surface area contributed by atoms with Gasteiger partial charge >= 0.3 is 30.2 Å². The first-order valence-corrected chi connectivity index (χ1v) is 6.86. The zero-order valence-electron chi connectivity index (χ0n) is 11.9. The summed E-state index contributed by atoms with van der Waals surface area (Å²) in [5.74, 6) is -1.00. The molecule has 0 aliphatic carbocycles. The summed E-state index contributed by atoms with van der Waals surface area (Å²) in [6.07, 6.45) is -4.51. The molecule has 23 heavy (non-hydrogen) atoms. The molecule has 0 heterocycles. The quantitative estimate of drug-likeness (QED) is 0.267. The summed E-state index contributed by atoms with van der Waals surface area (Å²) in [7, 11) is 0. The van der Waals surface area contributed by atoms with Crippen molar-refractivity contribution >= 4 is 0 Å². The van der Waals surface area contributed by atoms with E-state index >= 15 is 0 Å². The monoisotopic (exact) mass is 360 g/mol. The third kappa shape index (κ3) is 11.5. The average Bonchev–Trinajstić information content (AvgIpc) is 3.27. The number of halogens is 5. The first-order valence-electron chi connectivity index (χ1n) is 6.27. The van der Waals surface area contributed by atoms with Crippen molar-refractivity contribution in [2.45, 2.75) is 6.18 Å². The first-order chi connectivity index (χ1) is 11.0. The molecule has 0 aliphatic rings. The Hall–Kier alpha value is -1.72. The first kappa shape index (κ1) is 21.3. The molecule has 0 nitrogen and oxygen atoms in total. The number of alkyl halides is 3. The van der Waals surface area contributed by atoms with Gasteiger partial charge in [0.1, 0.15) is 0 Å². The van der Waals surface area contributed by atoms with Gasteiger partial charge in [-0.3, -0.25) is 0 Å². The Morgan fingerprint density at radius 1 is 0.783 bits per heavy atom. The molecule has 0 aromatic heterocycles. The summed E-state index contributed by atoms with van der Waals surface area (Å²) >= 11 is 0.500. The molecule has 6 heteroatoms. The Morgan fingerprint density at radius 2 is 1.22 bits per heavy atom. The van der Waals surface area contributed by atoms with Crippen LogP contribution in [0.15, 0.2) is 78.9 Å². The molecule has 0 saturated heterocycles. The van der Waals surface area contributed by atoms with E-state index < -0.39 is 17.6 Å². The number of rotatable bonds is 0. The van der Waals surface area contributed by atoms with E-state index in [1.807, 2.05) is 60.7 Å². The van der Waals surface area contributed by atoms with E-state index in [2.05, 4.69) is 0 Å². The van der Waals surface area contributed by atoms with Crippen LogP contribution in [0.25, 0.3) is 0 Å². The minimum absolute atomic E-state index is 0.500. The van der Waals surface area contributed by atoms with Gasteiger partial charge in [-0.05, 0) is 0 Å². The summed E-state index contributed by atoms with van der Waals surface area (Å²) in [5, 5.41) is 0. The molecule has 0 fully saturated rings. The van der Waals surface area contributed by atoms with Gasteiger partial charge in [-0.25, -0.2) is 28.7 Å². The average molecular weight is 360 g/mol. The molecule has 0 radical (unpaired) electrons. The molecule has 0 N–H and O–H groups in total. The van der Waals surface area contributed by atoms with Gasteiger partial charge in [-0.2, -0.15) is 61.7 Å². The van der Waals surface area contributed by atoms with Crippen LogP contribution in [0.1, 0.15) is 5.56 Å². The fraction of sp³-hybridized carbons (Fsp3) is 0.0588. The van der Waals surface area contributed by atoms with Gasteiger partial charge in [-0.15, -0.1) is 12.1 Å². The molecule has 0 bridgehead atoms. The molecule has 0 aliphatic heterocycles. The number of benzene rings is 1. The normalized spacial score (nSPS) is 9.35. The van der Waals surface area contributed by atoms with Gasteiger partial charge in [-0.1, -0.05) is 5.56 Å². The number of hydrogen-bond donors (Lipinski definition) is 0. The van der Waals surface area contributed by atoms with Gasteiger partial charge in [0.25, 0.3) is 0 Å². The van der Waals surface area contributed by atoms with Crippen molar-refractivity contribution in [3.63, 3.8) is 0 Å². The van der Waals surface area contributed by atoms with Crippen molar-refractivity contribution in [2.24, 2.45) is 0 Å². The second-order valence-electron chi connectivity index (χ2n) is 3.83. The molecule has 0 saturated carbocycles. The van der Waals surface area contributed by atoms with Crippen molar-refractivity contribution in [1.82, 2.24) is 0 Å². The molecule has 3 aromatic rings. The molecule has 0 spiro atoms. The molecule has 0 atom stereocenters. The molecule has 3 aromatic carbocycles. The predicted molar refractivity (Wildman–Crippen MR) is 75.4 cm³/mol. The Balaban J connectivity index is 0.000000334. The van der Waals surface area contributed by atoms with Crippen LogP contribution < -0.4 is 0 Å². The topological polar surface area (TPSA) is 0 Å². The van der Waals surface area contributed by atoms with E-state index in [1.165, 1.54) is 0 Å². The van der Waals surface area contributed by atoms with Crippen LogP contribution in [-0.2, 0) is 27.1 Å². The summed E-state index contributed by atoms with van der Waals surface area (Å²) in [4.78, 5) is 0. The predicted octanol–water partition coefficient (Wildman–Crippen LogP) is 5.87. The Bertz CT molecular complexity index is 511. The van der Waals surface area contributed by atoms with Crippen LogP contribution in [-0.4, -0.2) is 0 Å². The second kappa shape index (κ2) is 12.8. The Morgan fingerprint density at radius 3 is 1.43 bits per heavy atom. The van der Waals surface area contributed by atoms with E-state index in [1.54, 1.807) is 6.07 Å². The maximum Gasteiger partial charge on any atom is -0.172 e. The van der Waals surface area contributed by atoms with Crippen LogP contribution in [0.3, 0.4) is 0 Å². The fourth-order valence-electron chi connectivity index (χ4n) is 1.25. The largest absolute Gasteiger partial charge is 0.214 e. The van der Waals surface area contributed by atoms with Gasteiger partial charge < -0.3 is 0 Å². The van der Waals surface area contributed by atoms with Crippen LogP contribution >= 0.6 is 0 Å². The molecular formula is C17H13F5Ti. The SMILES string of the molecule is Fc1[c-]c(C(F)(F)F)ccc1.[F][Ti+3].c1cc[cH-]c1.c1cc[cH-]c1. The van der Waals surface area contributed by atoms with E-state index in [4.69, 9.17) is 0 Å². The second-order valence-corrected chi connectivity index (χ2v) is 3.83. The van der Waals surface area contributed by atoms with Crippen LogP contribution in [0, 0.1) is 11.9 Å². The van der Waals surface area contributed by atoms with Crippen LogP contribution in [0.5, 0.6) is 0 Å². The Kier molecular flexibility index (Phi) is 11.8. The van der Waals surface area contributed by atoms with Crippen molar-refractivity contribution < 1.29 is 41.6 Å². The molecule has 120 valence electrons. The minimum Gasteiger partial charge on any atom is -0.214 e. The maximum atomic E-state index is 12.1. The molecular weight excluding hydrogens is 347 g/mol. The standard InChI is InChI=1S/C7H3F4.2C5H5.FH.Ti/c8-6-3-1-2-5(4-6)7(9,10)11;2*1-2-4-5-3-1;;/h1-3H;2*1-5H;1H;/q3*-1;;+4/p-1. The smallest absolute Gasteiger partial charge is 0.172 e. The molecule has 0 amide bonds. The maximum absolute atomic E-state index is 12.1. The van der Waals surface area contributed by atoms with Gasteiger partial charge in [0, 0.05) is 5.82 Å². The zero-order valence-corrected chi connectivity index (χ0v) is 13.5. The zero-order chi connectivity index (χ0) is 17.6. The summed E-state index contributed by atoms with van der Waals surface area (Å²) in [6, 6.07) is 24.2. The van der Waals surface area contributed by atoms with E-state index in [0.717, 1.165) is 18.2 Å². The molecule has 0 unspecified atom stereocenters. The van der Waals surface area contributed by atoms with Crippen LogP contribution in [0.2, 0.25) is 0 Å². The van der Waals surface area contributed by atoms with Crippen molar-refractivity contribution in [3.8, 4) is 0 Å². The van der Waals surface area contributed by atoms with Crippen LogP contribution in [0.4, 0.5) is 20.7 Å². The molecule has 3 rings (SSSR count). The van der Waals surface area contributed by atoms with Crippen molar-refractivity contribution in [1.29, 1.82) is 0 Å². The van der Waals surface area contributed by atoms with Crippen molar-refractivity contribution in [2.75, 3.05) is 0 Å². The third-order valence-corrected chi connectivity index (χ3v) is 2.18. The van der Waals surface area contributed by atoms with Gasteiger partial charge in [0.15, 0.2) is 0 Å². The van der Waals surface area contributed by atoms with Crippen molar-refractivity contribution in [3.05, 3.63) is 96.3 Å². The summed E-state index contributed by atoms with van der Waals surface area (Å²) in [5.41, 5.74) is -1.09. The third-order valence-electron chi connectivity index (χ3n) is 2.18. The van der Waals surface area contributed by atoms with E-state index in [-0.39, 0.29) is 0 Å². The van der Waals surface area contributed by atoms with Gasteiger partial charge in [0.2, 0.25) is 0 Å². The summed E-state index contributed by atoms with van der Waals surface area (Å²) < 4.78 is 57.0. The van der Waals surface area contributed by atoms with Gasteiger partial charge in [0.05, 0.1) is 0 Å². The van der Waals surface area contributed by atoms with E-state index in [0.29, 0.717) is 21.0 Å². The summed E-state index contributed by atoms with van der Waals surface area (Å²) in [6.45, 7) is 0. The Labute approximate surface area is 144 Å². The fourth-order valence-corrected chi connectivity index (χ4v) is 1.25. The minimum atomic E-state index is -4.51. The van der Waals surface area contributed by atoms with E-state index in [9.17, 15) is 20.7 Å². The number of hydrogen-bond acceptors (Lipinski definition) is 0.